The van der Waals surface area contributed by atoms with Gasteiger partial charge in [-0.25, -0.2) is 0 Å². The van der Waals surface area contributed by atoms with Gasteiger partial charge in [0.1, 0.15) is 0 Å². The normalized spacial score (nSPS) is 10.0. The maximum atomic E-state index is 6.88. The van der Waals surface area contributed by atoms with Crippen molar-refractivity contribution in [3.8, 4) is 0 Å². The fourth-order valence-corrected chi connectivity index (χ4v) is 2.26. The van der Waals surface area contributed by atoms with Crippen molar-refractivity contribution >= 4 is 10.8 Å². The summed E-state index contributed by atoms with van der Waals surface area (Å²) >= 11 is 1.62. The molecule has 0 radical (unpaired) electrons. The molecule has 25 heavy (non-hydrogen) atoms. The third-order valence-corrected chi connectivity index (χ3v) is 2.74. The molecule has 0 heterocycles. The number of benzene rings is 1. The second kappa shape index (κ2) is 16.5. The Morgan fingerprint density at radius 1 is 0.720 bits per heavy atom. The Morgan fingerprint density at radius 2 is 1.12 bits per heavy atom. The van der Waals surface area contributed by atoms with Gasteiger partial charge in [-0.15, -0.1) is 53.8 Å². The molecule has 0 atom stereocenters. The number of hydrogen-bond donors (Lipinski definition) is 0. The third-order valence-electron chi connectivity index (χ3n) is 2.74. The van der Waals surface area contributed by atoms with Crippen LogP contribution in [0.15, 0.2) is 42.5 Å². The molecule has 2 rings (SSSR count). The Balaban J connectivity index is 0. The van der Waals surface area contributed by atoms with Crippen LogP contribution in [0.25, 0.3) is 21.4 Å². The van der Waals surface area contributed by atoms with E-state index in [9.17, 15) is 0 Å². The first-order chi connectivity index (χ1) is 11.7. The molecule has 0 spiro atoms. The van der Waals surface area contributed by atoms with Crippen molar-refractivity contribution in [2.24, 2.45) is 0 Å². The van der Waals surface area contributed by atoms with E-state index >= 15 is 0 Å². The maximum Gasteiger partial charge on any atom is -0.0809 e. The smallest absolute Gasteiger partial charge is 0.0809 e. The van der Waals surface area contributed by atoms with Crippen molar-refractivity contribution < 1.29 is 15.9 Å². The van der Waals surface area contributed by atoms with Gasteiger partial charge in [-0.2, -0.15) is 17.5 Å². The minimum absolute atomic E-state index is 0.500. The summed E-state index contributed by atoms with van der Waals surface area (Å²) in [4.78, 5) is 0. The van der Waals surface area contributed by atoms with Crippen LogP contribution in [0, 0.1) is 4.17 Å². The Morgan fingerprint density at radius 3 is 1.44 bits per heavy atom. The predicted molar refractivity (Wildman–Crippen MR) is 109 cm³/mol. The van der Waals surface area contributed by atoms with Crippen LogP contribution < -0.4 is 0 Å². The van der Waals surface area contributed by atoms with Gasteiger partial charge in [-0.1, -0.05) is 61.5 Å². The van der Waals surface area contributed by atoms with Crippen LogP contribution in [0.1, 0.15) is 55.4 Å². The molecule has 0 aliphatic heterocycles. The Bertz CT molecular complexity index is 486. The number of rotatable bonds is 4. The average molecular weight is 382 g/mol. The van der Waals surface area contributed by atoms with Gasteiger partial charge in [0, 0.05) is 0 Å². The fourth-order valence-electron chi connectivity index (χ4n) is 2.26. The largest absolute Gasteiger partial charge is 0.168 e. The molecule has 0 unspecified atom stereocenters. The molecule has 0 aliphatic rings. The molecule has 2 aromatic rings. The Labute approximate surface area is 163 Å². The molecule has 3 nitrogen and oxygen atoms in total. The molecule has 0 N–H and O–H groups in total. The first kappa shape index (κ1) is 26.2. The molecule has 0 saturated heterocycles. The van der Waals surface area contributed by atoms with Crippen LogP contribution in [-0.4, -0.2) is 24.2 Å². The van der Waals surface area contributed by atoms with Crippen molar-refractivity contribution in [2.45, 2.75) is 79.6 Å². The van der Waals surface area contributed by atoms with Crippen molar-refractivity contribution in [1.29, 1.82) is 4.17 Å². The zero-order chi connectivity index (χ0) is 19.8. The number of nitrogens with zero attached hydrogens (tertiary/aromatic N) is 3. The van der Waals surface area contributed by atoms with E-state index in [2.05, 4.69) is 108 Å². The maximum absolute atomic E-state index is 6.88. The van der Waals surface area contributed by atoms with Gasteiger partial charge < -0.3 is 10.6 Å². The predicted octanol–water partition coefficient (Wildman–Crippen LogP) is 6.93. The van der Waals surface area contributed by atoms with E-state index < -0.39 is 0 Å². The first-order valence-corrected chi connectivity index (χ1v) is 9.48. The first-order valence-electron chi connectivity index (χ1n) is 8.91. The summed E-state index contributed by atoms with van der Waals surface area (Å²) in [6.45, 7) is 16.8. The summed E-state index contributed by atoms with van der Waals surface area (Å²) < 4.78 is 6.88. The van der Waals surface area contributed by atoms with Crippen LogP contribution in [0.3, 0.4) is 0 Å². The third kappa shape index (κ3) is 17.6. The Kier molecular flexibility index (Phi) is 17.3. The zero-order valence-corrected chi connectivity index (χ0v) is 18.4. The van der Waals surface area contributed by atoms with Gasteiger partial charge in [0.05, 0.1) is 0 Å². The Hall–Kier alpha value is -1.01. The summed E-state index contributed by atoms with van der Waals surface area (Å²) in [5.74, 6) is 0. The topological polar surface area (TPSA) is 52.0 Å². The van der Waals surface area contributed by atoms with Crippen LogP contribution >= 0.6 is 0 Å². The van der Waals surface area contributed by atoms with Gasteiger partial charge in [0.25, 0.3) is 0 Å². The zero-order valence-electron chi connectivity index (χ0n) is 17.1. The minimum atomic E-state index is 0.500. The van der Waals surface area contributed by atoms with E-state index in [4.69, 9.17) is 4.17 Å². The standard InChI is InChI=1S/C9H7.2C6H14N.Cr.N/c1-2-5-9-7-3-6-8(9)4-1;2*1-5(2)7-6(3)4;;/h1-7H;2*5-6H,1-4H3;;/q3*-1;;. The van der Waals surface area contributed by atoms with Gasteiger partial charge in [-0.05, 0) is 0 Å². The second-order valence-corrected chi connectivity index (χ2v) is 6.83. The SMILES string of the molecule is CC(C)[N-]C(C)C.CC(C)[N-]C(C)C.[N]#[Cr].c1ccc2[cH-]ccc2c1. The number of hydrogen-bond acceptors (Lipinski definition) is 1. The summed E-state index contributed by atoms with van der Waals surface area (Å²) in [5.41, 5.74) is 0. The average Bonchev–Trinajstić information content (AvgIpc) is 2.96. The molecular weight excluding hydrogens is 346 g/mol. The molecular formula is C21H35CrN3-3. The van der Waals surface area contributed by atoms with Crippen LogP contribution in [0.2, 0.25) is 0 Å². The molecule has 2 aromatic carbocycles. The summed E-state index contributed by atoms with van der Waals surface area (Å²) in [6, 6.07) is 16.7. The van der Waals surface area contributed by atoms with E-state index in [1.165, 1.54) is 10.8 Å². The fraction of sp³-hybridized carbons (Fsp3) is 0.571. The monoisotopic (exact) mass is 381 g/mol. The van der Waals surface area contributed by atoms with Gasteiger partial charge in [0.15, 0.2) is 0 Å². The van der Waals surface area contributed by atoms with E-state index in [0.29, 0.717) is 24.2 Å². The van der Waals surface area contributed by atoms with Crippen molar-refractivity contribution in [1.82, 2.24) is 0 Å². The molecule has 0 saturated carbocycles. The number of fused-ring (bicyclic) bond motifs is 1. The van der Waals surface area contributed by atoms with E-state index in [0.717, 1.165) is 0 Å². The summed E-state index contributed by atoms with van der Waals surface area (Å²) in [5, 5.41) is 11.2. The van der Waals surface area contributed by atoms with Crippen LogP contribution in [-0.2, 0) is 15.9 Å². The quantitative estimate of drug-likeness (QED) is 0.530. The van der Waals surface area contributed by atoms with E-state index in [1.54, 1.807) is 15.9 Å². The van der Waals surface area contributed by atoms with Gasteiger partial charge in [0.2, 0.25) is 0 Å². The van der Waals surface area contributed by atoms with Crippen molar-refractivity contribution in [2.75, 3.05) is 0 Å². The summed E-state index contributed by atoms with van der Waals surface area (Å²) in [7, 11) is 0. The molecule has 0 amide bonds. The van der Waals surface area contributed by atoms with Gasteiger partial charge >= 0.3 is 20.1 Å². The van der Waals surface area contributed by atoms with Crippen LogP contribution in [0.5, 0.6) is 0 Å². The molecule has 0 fully saturated rings. The molecule has 0 aromatic heterocycles. The molecule has 143 valence electrons. The van der Waals surface area contributed by atoms with Crippen molar-refractivity contribution in [3.63, 3.8) is 0 Å². The van der Waals surface area contributed by atoms with Crippen molar-refractivity contribution in [3.05, 3.63) is 53.1 Å². The van der Waals surface area contributed by atoms with Crippen LogP contribution in [0.4, 0.5) is 0 Å². The molecule has 4 heteroatoms. The summed E-state index contributed by atoms with van der Waals surface area (Å²) in [6.07, 6.45) is 0. The van der Waals surface area contributed by atoms with E-state index in [1.807, 2.05) is 0 Å². The molecule has 0 bridgehead atoms. The minimum Gasteiger partial charge on any atom is -0.168 e. The second-order valence-electron chi connectivity index (χ2n) is 6.83. The van der Waals surface area contributed by atoms with Gasteiger partial charge in [-0.3, -0.25) is 0 Å². The molecule has 0 aliphatic carbocycles. The van der Waals surface area contributed by atoms with E-state index in [-0.39, 0.29) is 0 Å².